The molecule has 120 valence electrons. The van der Waals surface area contributed by atoms with Gasteiger partial charge in [0.05, 0.1) is 5.69 Å². The molecule has 1 aliphatic heterocycles. The van der Waals surface area contributed by atoms with Crippen molar-refractivity contribution in [1.82, 2.24) is 0 Å². The Morgan fingerprint density at radius 1 is 1.13 bits per heavy atom. The molecule has 2 aromatic rings. The van der Waals surface area contributed by atoms with Crippen LogP contribution in [0.25, 0.3) is 0 Å². The molecule has 1 aliphatic rings. The van der Waals surface area contributed by atoms with Crippen molar-refractivity contribution in [2.75, 3.05) is 17.2 Å². The van der Waals surface area contributed by atoms with E-state index in [0.29, 0.717) is 5.75 Å². The summed E-state index contributed by atoms with van der Waals surface area (Å²) >= 11 is 0. The van der Waals surface area contributed by atoms with Crippen LogP contribution >= 0.6 is 0 Å². The van der Waals surface area contributed by atoms with Gasteiger partial charge in [0, 0.05) is 18.3 Å². The average Bonchev–Trinajstić information content (AvgIpc) is 2.52. The number of rotatable bonds is 3. The monoisotopic (exact) mass is 310 g/mol. The highest BCUT2D eigenvalue weighted by Crippen LogP contribution is 2.30. The number of hydrogen-bond donors (Lipinski definition) is 2. The second-order valence-electron chi connectivity index (χ2n) is 6.85. The number of ether oxygens (including phenoxy) is 1. The first kappa shape index (κ1) is 15.4. The van der Waals surface area contributed by atoms with Crippen LogP contribution in [-0.2, 0) is 16.8 Å². The van der Waals surface area contributed by atoms with E-state index < -0.39 is 0 Å². The van der Waals surface area contributed by atoms with E-state index in [1.54, 1.807) is 0 Å². The van der Waals surface area contributed by atoms with Gasteiger partial charge in [-0.25, -0.2) is 0 Å². The van der Waals surface area contributed by atoms with Crippen LogP contribution in [0.15, 0.2) is 42.5 Å². The lowest BCUT2D eigenvalue weighted by Crippen LogP contribution is -2.25. The van der Waals surface area contributed by atoms with Gasteiger partial charge >= 0.3 is 0 Å². The first-order valence-electron chi connectivity index (χ1n) is 7.82. The Kier molecular flexibility index (Phi) is 3.99. The van der Waals surface area contributed by atoms with E-state index in [1.165, 1.54) is 11.1 Å². The Balaban J connectivity index is 1.65. The van der Waals surface area contributed by atoms with E-state index in [-0.39, 0.29) is 17.9 Å². The summed E-state index contributed by atoms with van der Waals surface area (Å²) in [4.78, 5) is 11.3. The average molecular weight is 310 g/mol. The first-order chi connectivity index (χ1) is 10.9. The van der Waals surface area contributed by atoms with Crippen molar-refractivity contribution in [2.45, 2.75) is 32.7 Å². The quantitative estimate of drug-likeness (QED) is 0.903. The molecule has 0 aromatic heterocycles. The van der Waals surface area contributed by atoms with Crippen molar-refractivity contribution in [3.8, 4) is 5.75 Å². The van der Waals surface area contributed by atoms with Crippen molar-refractivity contribution >= 4 is 17.3 Å². The largest absolute Gasteiger partial charge is 0.482 e. The molecule has 3 rings (SSSR count). The fourth-order valence-electron chi connectivity index (χ4n) is 2.51. The summed E-state index contributed by atoms with van der Waals surface area (Å²) in [5.74, 6) is 0.592. The number of anilines is 2. The van der Waals surface area contributed by atoms with E-state index in [2.05, 4.69) is 55.7 Å². The van der Waals surface area contributed by atoms with Crippen LogP contribution < -0.4 is 15.4 Å². The van der Waals surface area contributed by atoms with Gasteiger partial charge in [-0.05, 0) is 28.7 Å². The highest BCUT2D eigenvalue weighted by atomic mass is 16.5. The Labute approximate surface area is 136 Å². The minimum absolute atomic E-state index is 0.0741. The van der Waals surface area contributed by atoms with Gasteiger partial charge in [-0.3, -0.25) is 4.79 Å². The maximum absolute atomic E-state index is 11.3. The maximum Gasteiger partial charge on any atom is 0.262 e. The van der Waals surface area contributed by atoms with E-state index in [1.807, 2.05) is 18.2 Å². The van der Waals surface area contributed by atoms with Crippen molar-refractivity contribution in [3.63, 3.8) is 0 Å². The first-order valence-corrected chi connectivity index (χ1v) is 7.82. The molecule has 4 nitrogen and oxygen atoms in total. The van der Waals surface area contributed by atoms with Crippen molar-refractivity contribution in [2.24, 2.45) is 0 Å². The molecule has 2 N–H and O–H groups in total. The fourth-order valence-corrected chi connectivity index (χ4v) is 2.51. The molecular weight excluding hydrogens is 288 g/mol. The standard InChI is InChI=1S/C19H22N2O2/c1-19(2,3)14-6-4-13(5-7-14)11-20-15-8-9-16-17(10-15)23-12-18(22)21-16/h4-10,20H,11-12H2,1-3H3,(H,21,22). The van der Waals surface area contributed by atoms with Gasteiger partial charge in [-0.1, -0.05) is 45.0 Å². The highest BCUT2D eigenvalue weighted by molar-refractivity contribution is 5.95. The number of carbonyl (C=O) groups excluding carboxylic acids is 1. The summed E-state index contributed by atoms with van der Waals surface area (Å²) in [5.41, 5.74) is 4.43. The summed E-state index contributed by atoms with van der Waals surface area (Å²) < 4.78 is 5.43. The molecule has 0 spiro atoms. The number of hydrogen-bond acceptors (Lipinski definition) is 3. The zero-order chi connectivity index (χ0) is 16.4. The van der Waals surface area contributed by atoms with Gasteiger partial charge in [-0.15, -0.1) is 0 Å². The summed E-state index contributed by atoms with van der Waals surface area (Å²) in [5, 5.41) is 6.18. The van der Waals surface area contributed by atoms with Gasteiger partial charge in [0.2, 0.25) is 0 Å². The van der Waals surface area contributed by atoms with Gasteiger partial charge in [0.25, 0.3) is 5.91 Å². The topological polar surface area (TPSA) is 50.4 Å². The molecule has 0 fully saturated rings. The number of amides is 1. The smallest absolute Gasteiger partial charge is 0.262 e. The van der Waals surface area contributed by atoms with Crippen LogP contribution in [-0.4, -0.2) is 12.5 Å². The molecular formula is C19H22N2O2. The minimum Gasteiger partial charge on any atom is -0.482 e. The Hall–Kier alpha value is -2.49. The van der Waals surface area contributed by atoms with Crippen LogP contribution in [0.4, 0.5) is 11.4 Å². The predicted molar refractivity (Wildman–Crippen MR) is 93.0 cm³/mol. The van der Waals surface area contributed by atoms with Gasteiger partial charge in [0.1, 0.15) is 5.75 Å². The van der Waals surface area contributed by atoms with E-state index in [9.17, 15) is 4.79 Å². The number of benzene rings is 2. The van der Waals surface area contributed by atoms with Gasteiger partial charge < -0.3 is 15.4 Å². The normalized spacial score (nSPS) is 13.8. The van der Waals surface area contributed by atoms with Crippen molar-refractivity contribution < 1.29 is 9.53 Å². The predicted octanol–water partition coefficient (Wildman–Crippen LogP) is 3.93. The third-order valence-electron chi connectivity index (χ3n) is 3.93. The number of nitrogens with one attached hydrogen (secondary N) is 2. The zero-order valence-corrected chi connectivity index (χ0v) is 13.8. The molecule has 1 heterocycles. The van der Waals surface area contributed by atoms with Crippen molar-refractivity contribution in [1.29, 1.82) is 0 Å². The molecule has 0 saturated heterocycles. The summed E-state index contributed by atoms with van der Waals surface area (Å²) in [7, 11) is 0. The molecule has 0 saturated carbocycles. The van der Waals surface area contributed by atoms with Gasteiger partial charge in [-0.2, -0.15) is 0 Å². The molecule has 4 heteroatoms. The number of carbonyl (C=O) groups is 1. The molecule has 2 aromatic carbocycles. The number of fused-ring (bicyclic) bond motifs is 1. The molecule has 0 radical (unpaired) electrons. The second-order valence-corrected chi connectivity index (χ2v) is 6.85. The van der Waals surface area contributed by atoms with Crippen LogP contribution in [0.2, 0.25) is 0 Å². The molecule has 0 aliphatic carbocycles. The summed E-state index contributed by atoms with van der Waals surface area (Å²) in [6.45, 7) is 7.46. The summed E-state index contributed by atoms with van der Waals surface area (Å²) in [6.07, 6.45) is 0. The molecule has 0 atom stereocenters. The zero-order valence-electron chi connectivity index (χ0n) is 13.8. The van der Waals surface area contributed by atoms with Crippen LogP contribution in [0.3, 0.4) is 0 Å². The Bertz CT molecular complexity index is 715. The lowest BCUT2D eigenvalue weighted by atomic mass is 9.87. The lowest BCUT2D eigenvalue weighted by molar-refractivity contribution is -0.118. The summed E-state index contributed by atoms with van der Waals surface area (Å²) in [6, 6.07) is 14.4. The minimum atomic E-state index is -0.114. The van der Waals surface area contributed by atoms with E-state index in [0.717, 1.165) is 17.9 Å². The van der Waals surface area contributed by atoms with Crippen molar-refractivity contribution in [3.05, 3.63) is 53.6 Å². The molecule has 0 unspecified atom stereocenters. The van der Waals surface area contributed by atoms with Crippen LogP contribution in [0.5, 0.6) is 5.75 Å². The van der Waals surface area contributed by atoms with E-state index in [4.69, 9.17) is 4.74 Å². The Morgan fingerprint density at radius 3 is 2.57 bits per heavy atom. The SMILES string of the molecule is CC(C)(C)c1ccc(CNc2ccc3c(c2)OCC(=O)N3)cc1. The van der Waals surface area contributed by atoms with Gasteiger partial charge in [0.15, 0.2) is 6.61 Å². The fraction of sp³-hybridized carbons (Fsp3) is 0.316. The van der Waals surface area contributed by atoms with Crippen LogP contribution in [0.1, 0.15) is 31.9 Å². The molecule has 0 bridgehead atoms. The Morgan fingerprint density at radius 2 is 1.87 bits per heavy atom. The third-order valence-corrected chi connectivity index (χ3v) is 3.93. The second kappa shape index (κ2) is 5.95. The molecule has 1 amide bonds. The van der Waals surface area contributed by atoms with E-state index >= 15 is 0 Å². The third kappa shape index (κ3) is 3.65. The van der Waals surface area contributed by atoms with Crippen LogP contribution in [0, 0.1) is 0 Å². The maximum atomic E-state index is 11.3. The lowest BCUT2D eigenvalue weighted by Gasteiger charge is -2.20. The molecule has 23 heavy (non-hydrogen) atoms. The highest BCUT2D eigenvalue weighted by Gasteiger charge is 2.16.